The molecule has 4 heterocycles. The molecule has 0 spiro atoms. The molecular formula is C49H55F2N7O6. The number of nitrogens with one attached hydrogen (secondary N) is 3. The summed E-state index contributed by atoms with van der Waals surface area (Å²) in [5.74, 6) is -1.14. The quantitative estimate of drug-likeness (QED) is 0.0985. The van der Waals surface area contributed by atoms with Gasteiger partial charge in [-0.2, -0.15) is 0 Å². The second-order valence-corrected chi connectivity index (χ2v) is 16.7. The summed E-state index contributed by atoms with van der Waals surface area (Å²) in [6, 6.07) is 22.4. The maximum atomic E-state index is 13.7. The van der Waals surface area contributed by atoms with E-state index in [0.717, 1.165) is 35.1 Å². The average molecular weight is 876 g/mol. The molecule has 0 bridgehead atoms. The molecule has 336 valence electrons. The van der Waals surface area contributed by atoms with E-state index in [1.54, 1.807) is 31.4 Å². The van der Waals surface area contributed by atoms with Crippen LogP contribution in [0.15, 0.2) is 91.3 Å². The number of halogens is 2. The summed E-state index contributed by atoms with van der Waals surface area (Å²) in [5, 5.41) is 3.81. The van der Waals surface area contributed by atoms with Crippen LogP contribution in [0.25, 0.3) is 21.8 Å². The molecular weight excluding hydrogens is 821 g/mol. The van der Waals surface area contributed by atoms with Crippen LogP contribution in [0.5, 0.6) is 11.5 Å². The summed E-state index contributed by atoms with van der Waals surface area (Å²) in [4.78, 5) is 66.0. The molecule has 2 saturated heterocycles. The highest BCUT2D eigenvalue weighted by molar-refractivity contribution is 6.45. The molecule has 4 aromatic carbocycles. The molecule has 2 aliphatic heterocycles. The van der Waals surface area contributed by atoms with E-state index < -0.39 is 11.7 Å². The van der Waals surface area contributed by atoms with Crippen molar-refractivity contribution < 1.29 is 37.4 Å². The van der Waals surface area contributed by atoms with E-state index in [1.165, 1.54) is 44.6 Å². The lowest BCUT2D eigenvalue weighted by Crippen LogP contribution is -2.57. The molecule has 0 radical (unpaired) electrons. The van der Waals surface area contributed by atoms with E-state index in [2.05, 4.69) is 45.9 Å². The van der Waals surface area contributed by atoms with E-state index in [0.29, 0.717) is 59.7 Å². The van der Waals surface area contributed by atoms with Crippen molar-refractivity contribution >= 4 is 45.3 Å². The summed E-state index contributed by atoms with van der Waals surface area (Å²) in [5.41, 5.74) is 4.74. The van der Waals surface area contributed by atoms with Crippen molar-refractivity contribution in [2.24, 2.45) is 0 Å². The van der Waals surface area contributed by atoms with Gasteiger partial charge < -0.3 is 34.6 Å². The molecule has 3 amide bonds. The molecule has 3 N–H and O–H groups in total. The van der Waals surface area contributed by atoms with Crippen molar-refractivity contribution in [1.29, 1.82) is 0 Å². The predicted octanol–water partition coefficient (Wildman–Crippen LogP) is 7.03. The van der Waals surface area contributed by atoms with Gasteiger partial charge in [0.25, 0.3) is 23.5 Å². The van der Waals surface area contributed by atoms with Crippen LogP contribution in [0.1, 0.15) is 69.9 Å². The van der Waals surface area contributed by atoms with Crippen LogP contribution in [0.2, 0.25) is 0 Å². The number of aromatic nitrogens is 2. The normalized spacial score (nSPS) is 19.3. The summed E-state index contributed by atoms with van der Waals surface area (Å²) < 4.78 is 37.4. The van der Waals surface area contributed by atoms with Gasteiger partial charge in [0.1, 0.15) is 23.1 Å². The van der Waals surface area contributed by atoms with Gasteiger partial charge in [-0.1, -0.05) is 24.3 Å². The van der Waals surface area contributed by atoms with Gasteiger partial charge in [0.2, 0.25) is 0 Å². The number of rotatable bonds is 10. The Labute approximate surface area is 371 Å². The number of fused-ring (bicyclic) bond motifs is 2. The molecule has 2 fully saturated rings. The minimum Gasteiger partial charge on any atom is -0.496 e. The van der Waals surface area contributed by atoms with Gasteiger partial charge in [0.05, 0.1) is 30.9 Å². The standard InChI is InChI=1S/C26H29FN4O4.C23H26FN3O2/c1-15-13-31(16(2)12-30(15)14-17-5-7-18(27)8-6-17)26(34)20-9-19-21(24(32)25(33)28-3)11-29-22(19)10-23(20)35-4;1-15-13-27(16(2)12-26(15)14-17-4-6-19(24)7-5-17)23(28)20-10-18-8-9-25-21(18)11-22(20)29-3/h5-11,15-16,29H,12-14H2,1-4H3,(H,28,33);4-11,15-16,25H,12-14H2,1-3H3/t2*15-,16+/m00/s1. The molecule has 0 saturated carbocycles. The van der Waals surface area contributed by atoms with Crippen molar-refractivity contribution in [3.63, 3.8) is 0 Å². The van der Waals surface area contributed by atoms with Gasteiger partial charge in [-0.25, -0.2) is 8.78 Å². The molecule has 4 atom stereocenters. The number of methoxy groups -OCH3 is 2. The topological polar surface area (TPSA) is 143 Å². The predicted molar refractivity (Wildman–Crippen MR) is 242 cm³/mol. The first kappa shape index (κ1) is 45.4. The molecule has 2 aromatic heterocycles. The summed E-state index contributed by atoms with van der Waals surface area (Å²) in [6.45, 7) is 12.2. The number of carbonyl (C=O) groups excluding carboxylic acids is 4. The first-order valence-electron chi connectivity index (χ1n) is 21.4. The Hall–Kier alpha value is -6.58. The highest BCUT2D eigenvalue weighted by Crippen LogP contribution is 2.32. The van der Waals surface area contributed by atoms with Crippen LogP contribution in [-0.4, -0.2) is 125 Å². The molecule has 64 heavy (non-hydrogen) atoms. The van der Waals surface area contributed by atoms with Crippen LogP contribution in [0, 0.1) is 11.6 Å². The molecule has 6 aromatic rings. The maximum absolute atomic E-state index is 13.7. The summed E-state index contributed by atoms with van der Waals surface area (Å²) in [7, 11) is 4.48. The number of benzene rings is 4. The number of carbonyl (C=O) groups is 4. The first-order chi connectivity index (χ1) is 30.7. The third-order valence-corrected chi connectivity index (χ3v) is 12.4. The molecule has 15 heteroatoms. The summed E-state index contributed by atoms with van der Waals surface area (Å²) >= 11 is 0. The fourth-order valence-corrected chi connectivity index (χ4v) is 8.69. The smallest absolute Gasteiger partial charge is 0.292 e. The van der Waals surface area contributed by atoms with E-state index in [1.807, 2.05) is 53.3 Å². The van der Waals surface area contributed by atoms with E-state index in [9.17, 15) is 28.0 Å². The fraction of sp³-hybridized carbons (Fsp3) is 0.347. The van der Waals surface area contributed by atoms with Crippen LogP contribution in [0.3, 0.4) is 0 Å². The Morgan fingerprint density at radius 2 is 1.11 bits per heavy atom. The lowest BCUT2D eigenvalue weighted by molar-refractivity contribution is -0.116. The van der Waals surface area contributed by atoms with Crippen molar-refractivity contribution in [2.75, 3.05) is 47.4 Å². The van der Waals surface area contributed by atoms with Crippen LogP contribution < -0.4 is 14.8 Å². The first-order valence-corrected chi connectivity index (χ1v) is 21.4. The van der Waals surface area contributed by atoms with Gasteiger partial charge in [-0.3, -0.25) is 29.0 Å². The average Bonchev–Trinajstić information content (AvgIpc) is 3.94. The number of nitrogens with zero attached hydrogens (tertiary/aromatic N) is 4. The van der Waals surface area contributed by atoms with Gasteiger partial charge in [0, 0.05) is 117 Å². The molecule has 2 aliphatic rings. The number of hydrogen-bond acceptors (Lipinski definition) is 8. The van der Waals surface area contributed by atoms with Gasteiger partial charge in [-0.15, -0.1) is 0 Å². The lowest BCUT2D eigenvalue weighted by atomic mass is 10.0. The molecule has 0 aliphatic carbocycles. The van der Waals surface area contributed by atoms with Crippen molar-refractivity contribution in [3.8, 4) is 11.5 Å². The number of hydrogen-bond donors (Lipinski definition) is 3. The van der Waals surface area contributed by atoms with Crippen molar-refractivity contribution in [3.05, 3.63) is 131 Å². The Balaban J connectivity index is 0.000000195. The molecule has 8 rings (SSSR count). The number of amides is 3. The number of ketones is 1. The third kappa shape index (κ3) is 9.65. The lowest BCUT2D eigenvalue weighted by Gasteiger charge is -2.44. The zero-order valence-electron chi connectivity index (χ0n) is 37.2. The zero-order chi connectivity index (χ0) is 45.8. The number of piperazine rings is 2. The molecule has 13 nitrogen and oxygen atoms in total. The number of aromatic amines is 2. The number of Topliss-reactive ketones (excluding diaryl/α,β-unsaturated/α-hetero) is 1. The number of ether oxygens (including phenoxy) is 2. The molecule has 0 unspecified atom stereocenters. The second kappa shape index (κ2) is 19.4. The highest BCUT2D eigenvalue weighted by Gasteiger charge is 2.35. The van der Waals surface area contributed by atoms with Gasteiger partial charge in [-0.05, 0) is 81.3 Å². The van der Waals surface area contributed by atoms with Gasteiger partial charge in [0.15, 0.2) is 0 Å². The largest absolute Gasteiger partial charge is 0.496 e. The highest BCUT2D eigenvalue weighted by atomic mass is 19.1. The minimum absolute atomic E-state index is 0.00858. The van der Waals surface area contributed by atoms with E-state index in [4.69, 9.17) is 9.47 Å². The third-order valence-electron chi connectivity index (χ3n) is 12.4. The summed E-state index contributed by atoms with van der Waals surface area (Å²) in [6.07, 6.45) is 3.33. The maximum Gasteiger partial charge on any atom is 0.292 e. The second-order valence-electron chi connectivity index (χ2n) is 16.7. The monoisotopic (exact) mass is 875 g/mol. The Morgan fingerprint density at radius 1 is 0.625 bits per heavy atom. The van der Waals surface area contributed by atoms with Crippen LogP contribution in [-0.2, 0) is 17.9 Å². The van der Waals surface area contributed by atoms with Gasteiger partial charge >= 0.3 is 0 Å². The van der Waals surface area contributed by atoms with E-state index >= 15 is 0 Å². The SMILES string of the molecule is CNC(=O)C(=O)c1c[nH]c2cc(OC)c(C(=O)N3C[C@H](C)N(Cc4ccc(F)cc4)C[C@H]3C)cc12.COc1cc2[nH]ccc2cc1C(=O)N1C[C@H](C)N(Cc2ccc(F)cc2)C[C@H]1C. The van der Waals surface area contributed by atoms with Crippen molar-refractivity contribution in [2.45, 2.75) is 65.0 Å². The van der Waals surface area contributed by atoms with Crippen LogP contribution >= 0.6 is 0 Å². The van der Waals surface area contributed by atoms with Crippen LogP contribution in [0.4, 0.5) is 8.78 Å². The minimum atomic E-state index is -0.727. The Morgan fingerprint density at radius 3 is 1.59 bits per heavy atom. The Kier molecular flexibility index (Phi) is 13.8. The van der Waals surface area contributed by atoms with Crippen molar-refractivity contribution in [1.82, 2.24) is 34.9 Å². The Bertz CT molecular complexity index is 2650. The number of likely N-dealkylation sites (N-methyl/N-ethyl adjacent to an activating group) is 1. The van der Waals surface area contributed by atoms with E-state index in [-0.39, 0.29) is 53.2 Å². The number of H-pyrrole nitrogens is 2. The fourth-order valence-electron chi connectivity index (χ4n) is 8.69. The zero-order valence-corrected chi connectivity index (χ0v) is 37.2.